The van der Waals surface area contributed by atoms with E-state index in [1.165, 1.54) is 5.56 Å². The van der Waals surface area contributed by atoms with Gasteiger partial charge in [-0.05, 0) is 19.1 Å². The van der Waals surface area contributed by atoms with E-state index in [9.17, 15) is 0 Å². The maximum absolute atomic E-state index is 5.46. The molecule has 0 aliphatic heterocycles. The number of hydrogen-bond acceptors (Lipinski definition) is 8. The molecular formula is C23H24N4O3S2. The van der Waals surface area contributed by atoms with Gasteiger partial charge in [0.05, 0.1) is 27.0 Å². The second-order valence-corrected chi connectivity index (χ2v) is 8.88. The number of thiazole rings is 1. The molecule has 0 saturated carbocycles. The van der Waals surface area contributed by atoms with Crippen LogP contribution in [0.2, 0.25) is 0 Å². The first kappa shape index (κ1) is 22.2. The molecule has 0 unspecified atom stereocenters. The fraction of sp³-hybridized carbons (Fsp3) is 0.261. The minimum Gasteiger partial charge on any atom is -0.493 e. The van der Waals surface area contributed by atoms with Gasteiger partial charge in [-0.1, -0.05) is 41.6 Å². The molecule has 4 aromatic rings. The highest BCUT2D eigenvalue weighted by molar-refractivity contribution is 7.98. The maximum Gasteiger partial charge on any atom is 0.203 e. The van der Waals surface area contributed by atoms with Crippen molar-refractivity contribution in [2.75, 3.05) is 21.3 Å². The van der Waals surface area contributed by atoms with Crippen LogP contribution in [-0.2, 0) is 12.8 Å². The molecule has 2 heterocycles. The number of aromatic nitrogens is 4. The normalized spacial score (nSPS) is 10.9. The van der Waals surface area contributed by atoms with Crippen LogP contribution in [0.4, 0.5) is 0 Å². The van der Waals surface area contributed by atoms with Crippen molar-refractivity contribution in [3.63, 3.8) is 0 Å². The highest BCUT2D eigenvalue weighted by Crippen LogP contribution is 2.41. The number of methoxy groups -OCH3 is 3. The summed E-state index contributed by atoms with van der Waals surface area (Å²) >= 11 is 3.26. The summed E-state index contributed by atoms with van der Waals surface area (Å²) in [6.45, 7) is 2.08. The molecule has 4 rings (SSSR count). The molecule has 0 atom stereocenters. The Morgan fingerprint density at radius 2 is 1.62 bits per heavy atom. The molecule has 0 fully saturated rings. The number of ether oxygens (including phenoxy) is 3. The Labute approximate surface area is 195 Å². The van der Waals surface area contributed by atoms with E-state index in [-0.39, 0.29) is 0 Å². The second kappa shape index (κ2) is 9.62. The monoisotopic (exact) mass is 468 g/mol. The molecule has 0 N–H and O–H groups in total. The van der Waals surface area contributed by atoms with E-state index >= 15 is 0 Å². The lowest BCUT2D eigenvalue weighted by Crippen LogP contribution is -1.99. The molecule has 0 bridgehead atoms. The molecular weight excluding hydrogens is 444 g/mol. The molecule has 2 aromatic carbocycles. The number of rotatable bonds is 8. The Balaban J connectivity index is 1.52. The van der Waals surface area contributed by atoms with E-state index < -0.39 is 0 Å². The zero-order valence-electron chi connectivity index (χ0n) is 18.6. The quantitative estimate of drug-likeness (QED) is 0.328. The molecule has 0 aliphatic carbocycles. The fourth-order valence-electron chi connectivity index (χ4n) is 3.24. The lowest BCUT2D eigenvalue weighted by atomic mass is 10.1. The first-order valence-corrected chi connectivity index (χ1v) is 11.7. The summed E-state index contributed by atoms with van der Waals surface area (Å²) in [7, 11) is 6.72. The van der Waals surface area contributed by atoms with E-state index in [1.807, 2.05) is 23.7 Å². The van der Waals surface area contributed by atoms with Gasteiger partial charge in [0.2, 0.25) is 5.75 Å². The van der Waals surface area contributed by atoms with E-state index in [0.717, 1.165) is 27.0 Å². The average Bonchev–Trinajstić information content (AvgIpc) is 3.43. The van der Waals surface area contributed by atoms with Crippen LogP contribution < -0.4 is 14.2 Å². The Morgan fingerprint density at radius 1 is 0.938 bits per heavy atom. The number of nitrogens with zero attached hydrogens (tertiary/aromatic N) is 4. The molecule has 166 valence electrons. The van der Waals surface area contributed by atoms with E-state index in [4.69, 9.17) is 19.2 Å². The van der Waals surface area contributed by atoms with Gasteiger partial charge in [-0.2, -0.15) is 0 Å². The maximum atomic E-state index is 5.46. The molecule has 32 heavy (non-hydrogen) atoms. The van der Waals surface area contributed by atoms with Crippen LogP contribution in [0.25, 0.3) is 22.0 Å². The molecule has 7 nitrogen and oxygen atoms in total. The summed E-state index contributed by atoms with van der Waals surface area (Å²) < 4.78 is 18.3. The zero-order chi connectivity index (χ0) is 22.7. The third kappa shape index (κ3) is 4.44. The SMILES string of the molecule is COc1cc(-c2nnc(SCc3csc(-c4ccc(C)cc4)n3)n2C)cc(OC)c1OC. The van der Waals surface area contributed by atoms with Gasteiger partial charge in [-0.15, -0.1) is 21.5 Å². The average molecular weight is 469 g/mol. The Morgan fingerprint density at radius 3 is 2.25 bits per heavy atom. The number of hydrogen-bond donors (Lipinski definition) is 0. The van der Waals surface area contributed by atoms with Gasteiger partial charge in [0.1, 0.15) is 5.01 Å². The van der Waals surface area contributed by atoms with Crippen molar-refractivity contribution in [2.45, 2.75) is 17.8 Å². The van der Waals surface area contributed by atoms with E-state index in [2.05, 4.69) is 46.8 Å². The Bertz CT molecular complexity index is 1190. The summed E-state index contributed by atoms with van der Waals surface area (Å²) in [5.41, 5.74) is 4.23. The Kier molecular flexibility index (Phi) is 6.66. The summed E-state index contributed by atoms with van der Waals surface area (Å²) in [5, 5.41) is 12.7. The van der Waals surface area contributed by atoms with Gasteiger partial charge >= 0.3 is 0 Å². The van der Waals surface area contributed by atoms with Crippen molar-refractivity contribution in [3.8, 4) is 39.2 Å². The summed E-state index contributed by atoms with van der Waals surface area (Å²) in [6, 6.07) is 12.2. The van der Waals surface area contributed by atoms with Crippen molar-refractivity contribution >= 4 is 23.1 Å². The first-order valence-electron chi connectivity index (χ1n) is 9.88. The number of thioether (sulfide) groups is 1. The summed E-state index contributed by atoms with van der Waals surface area (Å²) in [6.07, 6.45) is 0. The van der Waals surface area contributed by atoms with Crippen LogP contribution in [0.1, 0.15) is 11.3 Å². The first-order chi connectivity index (χ1) is 15.5. The van der Waals surface area contributed by atoms with Gasteiger partial charge in [0.25, 0.3) is 0 Å². The largest absolute Gasteiger partial charge is 0.493 e. The predicted octanol–water partition coefficient (Wildman–Crippen LogP) is 5.23. The minimum atomic E-state index is 0.545. The lowest BCUT2D eigenvalue weighted by Gasteiger charge is -2.13. The van der Waals surface area contributed by atoms with Crippen molar-refractivity contribution in [1.82, 2.24) is 19.7 Å². The zero-order valence-corrected chi connectivity index (χ0v) is 20.2. The van der Waals surface area contributed by atoms with Gasteiger partial charge in [-0.25, -0.2) is 4.98 Å². The summed E-state index contributed by atoms with van der Waals surface area (Å²) in [4.78, 5) is 4.78. The fourth-order valence-corrected chi connectivity index (χ4v) is 4.98. The van der Waals surface area contributed by atoms with Crippen LogP contribution in [0.3, 0.4) is 0 Å². The topological polar surface area (TPSA) is 71.3 Å². The minimum absolute atomic E-state index is 0.545. The molecule has 0 saturated heterocycles. The van der Waals surface area contributed by atoms with Crippen LogP contribution >= 0.6 is 23.1 Å². The van der Waals surface area contributed by atoms with Crippen molar-refractivity contribution < 1.29 is 14.2 Å². The third-order valence-corrected chi connectivity index (χ3v) is 6.95. The summed E-state index contributed by atoms with van der Waals surface area (Å²) in [5.74, 6) is 3.12. The number of aryl methyl sites for hydroxylation is 1. The van der Waals surface area contributed by atoms with Crippen LogP contribution in [-0.4, -0.2) is 41.1 Å². The molecule has 2 aromatic heterocycles. The molecule has 0 aliphatic rings. The van der Waals surface area contributed by atoms with E-state index in [1.54, 1.807) is 44.4 Å². The van der Waals surface area contributed by atoms with Crippen LogP contribution in [0.5, 0.6) is 17.2 Å². The molecule has 0 amide bonds. The highest BCUT2D eigenvalue weighted by Gasteiger charge is 2.18. The second-order valence-electron chi connectivity index (χ2n) is 7.08. The predicted molar refractivity (Wildman–Crippen MR) is 128 cm³/mol. The lowest BCUT2D eigenvalue weighted by molar-refractivity contribution is 0.324. The molecule has 9 heteroatoms. The highest BCUT2D eigenvalue weighted by atomic mass is 32.2. The van der Waals surface area contributed by atoms with Crippen molar-refractivity contribution in [1.29, 1.82) is 0 Å². The third-order valence-electron chi connectivity index (χ3n) is 4.96. The Hall–Kier alpha value is -3.04. The van der Waals surface area contributed by atoms with Gasteiger partial charge in [-0.3, -0.25) is 0 Å². The van der Waals surface area contributed by atoms with Gasteiger partial charge in [0.15, 0.2) is 22.5 Å². The molecule has 0 radical (unpaired) electrons. The van der Waals surface area contributed by atoms with Gasteiger partial charge < -0.3 is 18.8 Å². The number of benzene rings is 2. The van der Waals surface area contributed by atoms with Crippen molar-refractivity contribution in [2.24, 2.45) is 7.05 Å². The van der Waals surface area contributed by atoms with Crippen LogP contribution in [0.15, 0.2) is 46.9 Å². The molecule has 0 spiro atoms. The standard InChI is InChI=1S/C23H24N4O3S2/c1-14-6-8-15(9-7-14)22-24-17(12-31-22)13-32-23-26-25-21(27(23)2)16-10-18(28-3)20(30-5)19(11-16)29-4/h6-12H,13H2,1-5H3. The van der Waals surface area contributed by atoms with Crippen LogP contribution in [0, 0.1) is 6.92 Å². The van der Waals surface area contributed by atoms with Crippen molar-refractivity contribution in [3.05, 3.63) is 53.0 Å². The van der Waals surface area contributed by atoms with E-state index in [0.29, 0.717) is 28.8 Å². The van der Waals surface area contributed by atoms with Gasteiger partial charge in [0, 0.05) is 29.3 Å². The smallest absolute Gasteiger partial charge is 0.203 e.